The van der Waals surface area contributed by atoms with Crippen molar-refractivity contribution in [3.8, 4) is 6.07 Å². The van der Waals surface area contributed by atoms with Crippen LogP contribution in [-0.2, 0) is 0 Å². The summed E-state index contributed by atoms with van der Waals surface area (Å²) in [5.74, 6) is -0.670. The van der Waals surface area contributed by atoms with Crippen LogP contribution in [0.3, 0.4) is 0 Å². The number of amides is 2. The first-order valence-electron chi connectivity index (χ1n) is 7.25. The molecule has 1 aromatic heterocycles. The maximum atomic E-state index is 12.2. The summed E-state index contributed by atoms with van der Waals surface area (Å²) in [7, 11) is 0. The Bertz CT molecular complexity index is 789. The lowest BCUT2D eigenvalue weighted by Gasteiger charge is -2.07. The summed E-state index contributed by atoms with van der Waals surface area (Å²) in [5.41, 5.74) is 1.46. The summed E-state index contributed by atoms with van der Waals surface area (Å²) in [5, 5.41) is 14.3. The molecule has 1 aliphatic rings. The molecule has 0 unspecified atom stereocenters. The van der Waals surface area contributed by atoms with Gasteiger partial charge in [0.2, 0.25) is 0 Å². The lowest BCUT2D eigenvalue weighted by Crippen LogP contribution is -2.27. The molecule has 23 heavy (non-hydrogen) atoms. The van der Waals surface area contributed by atoms with E-state index in [0.29, 0.717) is 11.3 Å². The second kappa shape index (κ2) is 6.28. The van der Waals surface area contributed by atoms with Crippen molar-refractivity contribution in [1.29, 1.82) is 5.26 Å². The van der Waals surface area contributed by atoms with E-state index in [1.54, 1.807) is 42.5 Å². The fourth-order valence-electron chi connectivity index (χ4n) is 2.00. The minimum Gasteiger partial charge on any atom is -0.348 e. The predicted octanol–water partition coefficient (Wildman–Crippen LogP) is 2.10. The first kappa shape index (κ1) is 14.7. The third kappa shape index (κ3) is 3.71. The highest BCUT2D eigenvalue weighted by atomic mass is 16.2. The standard InChI is InChI=1S/C17H14N4O2/c18-10-11-4-6-12(7-5-11)19-16(22)14-2-1-3-15(21-14)17(23)20-13-8-9-13/h1-7,13H,8-9H2,(H,19,22)(H,20,23). The summed E-state index contributed by atoms with van der Waals surface area (Å²) in [6.45, 7) is 0. The van der Waals surface area contributed by atoms with Crippen LogP contribution in [0.25, 0.3) is 0 Å². The van der Waals surface area contributed by atoms with Crippen LogP contribution in [0.4, 0.5) is 5.69 Å². The van der Waals surface area contributed by atoms with E-state index in [-0.39, 0.29) is 23.3 Å². The van der Waals surface area contributed by atoms with Crippen LogP contribution < -0.4 is 10.6 Å². The Morgan fingerprint density at radius 2 is 1.70 bits per heavy atom. The van der Waals surface area contributed by atoms with Crippen molar-refractivity contribution in [2.75, 3.05) is 5.32 Å². The summed E-state index contributed by atoms with van der Waals surface area (Å²) in [6, 6.07) is 13.5. The normalized spacial score (nSPS) is 13.0. The summed E-state index contributed by atoms with van der Waals surface area (Å²) in [6.07, 6.45) is 1.98. The zero-order valence-corrected chi connectivity index (χ0v) is 12.2. The number of nitrogens with one attached hydrogen (secondary N) is 2. The third-order valence-corrected chi connectivity index (χ3v) is 3.40. The SMILES string of the molecule is N#Cc1ccc(NC(=O)c2cccc(C(=O)NC3CC3)n2)cc1. The second-order valence-corrected chi connectivity index (χ2v) is 5.30. The van der Waals surface area contributed by atoms with Gasteiger partial charge < -0.3 is 10.6 Å². The number of carbonyl (C=O) groups excluding carboxylic acids is 2. The van der Waals surface area contributed by atoms with Crippen LogP contribution in [0.5, 0.6) is 0 Å². The molecule has 2 amide bonds. The molecule has 0 bridgehead atoms. The van der Waals surface area contributed by atoms with Gasteiger partial charge in [0, 0.05) is 11.7 Å². The van der Waals surface area contributed by atoms with E-state index in [4.69, 9.17) is 5.26 Å². The largest absolute Gasteiger partial charge is 0.348 e. The molecule has 1 aliphatic carbocycles. The van der Waals surface area contributed by atoms with Crippen LogP contribution in [0.1, 0.15) is 39.4 Å². The molecule has 1 heterocycles. The summed E-state index contributed by atoms with van der Waals surface area (Å²) < 4.78 is 0. The van der Waals surface area contributed by atoms with E-state index in [0.717, 1.165) is 12.8 Å². The quantitative estimate of drug-likeness (QED) is 0.904. The van der Waals surface area contributed by atoms with Crippen molar-refractivity contribution < 1.29 is 9.59 Å². The van der Waals surface area contributed by atoms with E-state index in [1.807, 2.05) is 6.07 Å². The van der Waals surface area contributed by atoms with Crippen molar-refractivity contribution in [2.45, 2.75) is 18.9 Å². The topological polar surface area (TPSA) is 94.9 Å². The van der Waals surface area contributed by atoms with Gasteiger partial charge in [-0.2, -0.15) is 5.26 Å². The van der Waals surface area contributed by atoms with Gasteiger partial charge in [-0.15, -0.1) is 0 Å². The van der Waals surface area contributed by atoms with Gasteiger partial charge in [-0.05, 0) is 49.2 Å². The predicted molar refractivity (Wildman–Crippen MR) is 83.8 cm³/mol. The van der Waals surface area contributed by atoms with Crippen LogP contribution in [-0.4, -0.2) is 22.8 Å². The van der Waals surface area contributed by atoms with Crippen molar-refractivity contribution in [1.82, 2.24) is 10.3 Å². The number of benzene rings is 1. The number of hydrogen-bond donors (Lipinski definition) is 2. The van der Waals surface area contributed by atoms with Gasteiger partial charge in [-0.25, -0.2) is 4.98 Å². The van der Waals surface area contributed by atoms with Gasteiger partial charge in [0.15, 0.2) is 0 Å². The average molecular weight is 306 g/mol. The Labute approximate surface area is 133 Å². The molecule has 2 N–H and O–H groups in total. The average Bonchev–Trinajstić information content (AvgIpc) is 3.39. The van der Waals surface area contributed by atoms with Crippen molar-refractivity contribution in [2.24, 2.45) is 0 Å². The van der Waals surface area contributed by atoms with Crippen molar-refractivity contribution >= 4 is 17.5 Å². The molecule has 0 atom stereocenters. The Balaban J connectivity index is 1.71. The molecule has 3 rings (SSSR count). The molecular formula is C17H14N4O2. The first-order chi connectivity index (χ1) is 11.2. The molecule has 1 fully saturated rings. The molecule has 0 radical (unpaired) electrons. The van der Waals surface area contributed by atoms with Crippen LogP contribution in [0.2, 0.25) is 0 Å². The molecule has 1 aromatic carbocycles. The Morgan fingerprint density at radius 1 is 1.04 bits per heavy atom. The van der Waals surface area contributed by atoms with E-state index >= 15 is 0 Å². The van der Waals surface area contributed by atoms with E-state index in [1.165, 1.54) is 0 Å². The van der Waals surface area contributed by atoms with Gasteiger partial charge in [0.05, 0.1) is 11.6 Å². The molecule has 0 spiro atoms. The number of carbonyl (C=O) groups is 2. The lowest BCUT2D eigenvalue weighted by atomic mass is 10.2. The highest BCUT2D eigenvalue weighted by Crippen LogP contribution is 2.19. The van der Waals surface area contributed by atoms with Gasteiger partial charge in [-0.1, -0.05) is 6.07 Å². The smallest absolute Gasteiger partial charge is 0.274 e. The lowest BCUT2D eigenvalue weighted by molar-refractivity contribution is 0.0946. The Hall–Kier alpha value is -3.20. The van der Waals surface area contributed by atoms with Crippen LogP contribution >= 0.6 is 0 Å². The number of anilines is 1. The number of pyridine rings is 1. The Kier molecular flexibility index (Phi) is 4.02. The minimum atomic E-state index is -0.407. The molecule has 1 saturated carbocycles. The number of aromatic nitrogens is 1. The monoisotopic (exact) mass is 306 g/mol. The summed E-state index contributed by atoms with van der Waals surface area (Å²) in [4.78, 5) is 28.3. The maximum Gasteiger partial charge on any atom is 0.274 e. The molecule has 0 aliphatic heterocycles. The Morgan fingerprint density at radius 3 is 2.30 bits per heavy atom. The molecule has 2 aromatic rings. The zero-order chi connectivity index (χ0) is 16.2. The van der Waals surface area contributed by atoms with Gasteiger partial charge >= 0.3 is 0 Å². The maximum absolute atomic E-state index is 12.2. The molecule has 6 heteroatoms. The van der Waals surface area contributed by atoms with Gasteiger partial charge in [0.25, 0.3) is 11.8 Å². The summed E-state index contributed by atoms with van der Waals surface area (Å²) >= 11 is 0. The van der Waals surface area contributed by atoms with Gasteiger partial charge in [-0.3, -0.25) is 9.59 Å². The first-order valence-corrected chi connectivity index (χ1v) is 7.25. The minimum absolute atomic E-state index is 0.165. The molecular weight excluding hydrogens is 292 g/mol. The van der Waals surface area contributed by atoms with Crippen molar-refractivity contribution in [3.63, 3.8) is 0 Å². The van der Waals surface area contributed by atoms with E-state index in [9.17, 15) is 9.59 Å². The fraction of sp³-hybridized carbons (Fsp3) is 0.176. The number of rotatable bonds is 4. The third-order valence-electron chi connectivity index (χ3n) is 3.40. The molecule has 6 nitrogen and oxygen atoms in total. The second-order valence-electron chi connectivity index (χ2n) is 5.30. The van der Waals surface area contributed by atoms with E-state index < -0.39 is 5.91 Å². The van der Waals surface area contributed by atoms with E-state index in [2.05, 4.69) is 15.6 Å². The van der Waals surface area contributed by atoms with Crippen LogP contribution in [0.15, 0.2) is 42.5 Å². The fourth-order valence-corrected chi connectivity index (χ4v) is 2.00. The highest BCUT2D eigenvalue weighted by Gasteiger charge is 2.24. The van der Waals surface area contributed by atoms with Crippen LogP contribution in [0, 0.1) is 11.3 Å². The molecule has 0 saturated heterocycles. The number of hydrogen-bond acceptors (Lipinski definition) is 4. The highest BCUT2D eigenvalue weighted by molar-refractivity contribution is 6.03. The number of nitriles is 1. The zero-order valence-electron chi connectivity index (χ0n) is 12.2. The number of nitrogens with zero attached hydrogens (tertiary/aromatic N) is 2. The molecule has 114 valence electrons. The van der Waals surface area contributed by atoms with Crippen molar-refractivity contribution in [3.05, 3.63) is 59.4 Å². The van der Waals surface area contributed by atoms with Gasteiger partial charge in [0.1, 0.15) is 11.4 Å².